The lowest BCUT2D eigenvalue weighted by atomic mass is 10.0. The zero-order valence-electron chi connectivity index (χ0n) is 25.2. The highest BCUT2D eigenvalue weighted by atomic mass is 35.5. The highest BCUT2D eigenvalue weighted by Crippen LogP contribution is 2.26. The Morgan fingerprint density at radius 1 is 0.956 bits per heavy atom. The van der Waals surface area contributed by atoms with Crippen LogP contribution in [0.15, 0.2) is 60.8 Å². The second-order valence-electron chi connectivity index (χ2n) is 10.8. The molecule has 4 aromatic rings. The number of fused-ring (bicyclic) bond motifs is 1. The van der Waals surface area contributed by atoms with E-state index in [1.54, 1.807) is 39.0 Å². The standard InChI is InChI=1S/C33H30ClN5O6/c1-19-6-10-21(25(34)14-19)11-7-20-8-12-22(13-9-20)26-15-23(31(42)38-39-32(43)45-33(2,3)4)24-18-35-28(16-27(24)36-26)37-29(40)17-30(41)44-5/h6,8-10,12-16,18H,17H2,1-5H3,(H,38,42)(H,39,43)(H,35,37,40). The lowest BCUT2D eigenvalue weighted by Crippen LogP contribution is -2.44. The highest BCUT2D eigenvalue weighted by molar-refractivity contribution is 6.31. The summed E-state index contributed by atoms with van der Waals surface area (Å²) in [5, 5.41) is 3.43. The van der Waals surface area contributed by atoms with Crippen molar-refractivity contribution in [3.05, 3.63) is 88.1 Å². The van der Waals surface area contributed by atoms with Crippen LogP contribution in [0.1, 0.15) is 54.2 Å². The van der Waals surface area contributed by atoms with E-state index in [1.165, 1.54) is 19.4 Å². The molecule has 2 aromatic carbocycles. The molecule has 3 amide bonds. The van der Waals surface area contributed by atoms with Crippen molar-refractivity contribution in [1.82, 2.24) is 20.8 Å². The van der Waals surface area contributed by atoms with Gasteiger partial charge in [-0.25, -0.2) is 20.2 Å². The lowest BCUT2D eigenvalue weighted by Gasteiger charge is -2.20. The van der Waals surface area contributed by atoms with Gasteiger partial charge in [0.25, 0.3) is 5.91 Å². The maximum Gasteiger partial charge on any atom is 0.426 e. The number of carbonyl (C=O) groups excluding carboxylic acids is 4. The molecule has 0 aliphatic carbocycles. The summed E-state index contributed by atoms with van der Waals surface area (Å²) in [6.45, 7) is 7.03. The number of methoxy groups -OCH3 is 1. The monoisotopic (exact) mass is 627 g/mol. The molecule has 0 atom stereocenters. The molecule has 0 aliphatic heterocycles. The van der Waals surface area contributed by atoms with Gasteiger partial charge < -0.3 is 14.8 Å². The normalized spacial score (nSPS) is 10.7. The minimum atomic E-state index is -0.841. The molecule has 0 saturated heterocycles. The number of benzene rings is 2. The average molecular weight is 628 g/mol. The Morgan fingerprint density at radius 3 is 2.36 bits per heavy atom. The van der Waals surface area contributed by atoms with Crippen molar-refractivity contribution < 1.29 is 28.7 Å². The molecule has 0 unspecified atom stereocenters. The molecular weight excluding hydrogens is 598 g/mol. The fourth-order valence-electron chi connectivity index (χ4n) is 3.98. The fraction of sp³-hybridized carbons (Fsp3) is 0.212. The summed E-state index contributed by atoms with van der Waals surface area (Å²) in [5.74, 6) is 4.28. The maximum atomic E-state index is 13.3. The number of anilines is 1. The molecule has 11 nitrogen and oxygen atoms in total. The Bertz CT molecular complexity index is 1860. The maximum absolute atomic E-state index is 13.3. The topological polar surface area (TPSA) is 149 Å². The third-order valence-electron chi connectivity index (χ3n) is 6.06. The van der Waals surface area contributed by atoms with Gasteiger partial charge in [-0.2, -0.15) is 0 Å². The third kappa shape index (κ3) is 9.01. The summed E-state index contributed by atoms with van der Waals surface area (Å²) in [6.07, 6.45) is 0.0164. The molecule has 0 bridgehead atoms. The van der Waals surface area contributed by atoms with Crippen LogP contribution >= 0.6 is 11.6 Å². The fourth-order valence-corrected chi connectivity index (χ4v) is 4.26. The first-order valence-electron chi connectivity index (χ1n) is 13.7. The van der Waals surface area contributed by atoms with Crippen LogP contribution in [0, 0.1) is 18.8 Å². The highest BCUT2D eigenvalue weighted by Gasteiger charge is 2.20. The first-order valence-corrected chi connectivity index (χ1v) is 14.0. The Labute approximate surface area is 264 Å². The number of pyridine rings is 2. The van der Waals surface area contributed by atoms with Crippen molar-refractivity contribution >= 4 is 52.2 Å². The van der Waals surface area contributed by atoms with Crippen LogP contribution in [0.5, 0.6) is 0 Å². The molecule has 2 aromatic heterocycles. The molecule has 0 aliphatic rings. The first kappa shape index (κ1) is 32.4. The van der Waals surface area contributed by atoms with Crippen LogP contribution in [0.3, 0.4) is 0 Å². The minimum absolute atomic E-state index is 0.111. The van der Waals surface area contributed by atoms with E-state index in [1.807, 2.05) is 37.3 Å². The Balaban J connectivity index is 1.67. The number of rotatable bonds is 5. The number of hydrogen-bond donors (Lipinski definition) is 3. The van der Waals surface area contributed by atoms with Crippen molar-refractivity contribution in [3.63, 3.8) is 0 Å². The predicted molar refractivity (Wildman–Crippen MR) is 169 cm³/mol. The number of hydrogen-bond acceptors (Lipinski definition) is 8. The van der Waals surface area contributed by atoms with Gasteiger partial charge in [0.1, 0.15) is 17.8 Å². The number of nitrogens with zero attached hydrogens (tertiary/aromatic N) is 2. The minimum Gasteiger partial charge on any atom is -0.469 e. The molecule has 0 radical (unpaired) electrons. The molecule has 230 valence electrons. The second-order valence-corrected chi connectivity index (χ2v) is 11.2. The zero-order valence-corrected chi connectivity index (χ0v) is 26.0. The molecule has 12 heteroatoms. The molecule has 4 rings (SSSR count). The Kier molecular flexibility index (Phi) is 10.0. The van der Waals surface area contributed by atoms with Gasteiger partial charge in [-0.3, -0.25) is 19.8 Å². The van der Waals surface area contributed by atoms with Crippen molar-refractivity contribution in [2.45, 2.75) is 39.7 Å². The summed E-state index contributed by atoms with van der Waals surface area (Å²) in [6, 6.07) is 15.9. The molecule has 0 spiro atoms. The van der Waals surface area contributed by atoms with Crippen LogP contribution < -0.4 is 16.2 Å². The number of aromatic nitrogens is 2. The van der Waals surface area contributed by atoms with Gasteiger partial charge in [-0.05, 0) is 63.6 Å². The molecule has 0 saturated carbocycles. The van der Waals surface area contributed by atoms with Crippen molar-refractivity contribution in [2.75, 3.05) is 12.4 Å². The predicted octanol–water partition coefficient (Wildman–Crippen LogP) is 5.33. The average Bonchev–Trinajstić information content (AvgIpc) is 2.98. The van der Waals surface area contributed by atoms with Gasteiger partial charge in [0.15, 0.2) is 0 Å². The Hall–Kier alpha value is -5.47. The summed E-state index contributed by atoms with van der Waals surface area (Å²) >= 11 is 6.30. The van der Waals surface area contributed by atoms with E-state index < -0.39 is 35.9 Å². The quantitative estimate of drug-likeness (QED) is 0.116. The number of hydrazine groups is 1. The van der Waals surface area contributed by atoms with Crippen molar-refractivity contribution in [3.8, 4) is 23.1 Å². The second kappa shape index (κ2) is 13.9. The summed E-state index contributed by atoms with van der Waals surface area (Å²) in [4.78, 5) is 58.0. The van der Waals surface area contributed by atoms with E-state index in [-0.39, 0.29) is 11.4 Å². The van der Waals surface area contributed by atoms with Crippen LogP contribution in [0.2, 0.25) is 5.02 Å². The number of carbonyl (C=O) groups is 4. The molecular formula is C33H30ClN5O6. The van der Waals surface area contributed by atoms with Gasteiger partial charge in [0.2, 0.25) is 5.91 Å². The molecule has 45 heavy (non-hydrogen) atoms. The molecule has 2 heterocycles. The number of halogens is 1. The lowest BCUT2D eigenvalue weighted by molar-refractivity contribution is -0.142. The summed E-state index contributed by atoms with van der Waals surface area (Å²) < 4.78 is 9.71. The summed E-state index contributed by atoms with van der Waals surface area (Å²) in [5.41, 5.74) is 7.84. The smallest absolute Gasteiger partial charge is 0.426 e. The van der Waals surface area contributed by atoms with Crippen molar-refractivity contribution in [2.24, 2.45) is 0 Å². The van der Waals surface area contributed by atoms with E-state index in [9.17, 15) is 19.2 Å². The van der Waals surface area contributed by atoms with Gasteiger partial charge in [-0.1, -0.05) is 41.6 Å². The van der Waals surface area contributed by atoms with E-state index >= 15 is 0 Å². The van der Waals surface area contributed by atoms with Gasteiger partial charge >= 0.3 is 12.1 Å². The Morgan fingerprint density at radius 2 is 1.69 bits per heavy atom. The van der Waals surface area contributed by atoms with Gasteiger partial charge in [-0.15, -0.1) is 0 Å². The SMILES string of the molecule is COC(=O)CC(=O)Nc1cc2nc(-c3ccc(C#Cc4ccc(C)cc4Cl)cc3)cc(C(=O)NNC(=O)OC(C)(C)C)c2cn1. The van der Waals surface area contributed by atoms with Crippen molar-refractivity contribution in [1.29, 1.82) is 0 Å². The number of nitrogens with one attached hydrogen (secondary N) is 3. The van der Waals surface area contributed by atoms with Crippen LogP contribution in [0.4, 0.5) is 10.6 Å². The number of aryl methyl sites for hydroxylation is 1. The first-order chi connectivity index (χ1) is 21.3. The molecule has 3 N–H and O–H groups in total. The molecule has 0 fully saturated rings. The number of esters is 1. The van der Waals surface area contributed by atoms with Gasteiger partial charge in [0, 0.05) is 34.3 Å². The summed E-state index contributed by atoms with van der Waals surface area (Å²) in [7, 11) is 1.18. The largest absolute Gasteiger partial charge is 0.469 e. The van der Waals surface area contributed by atoms with Gasteiger partial charge in [0.05, 0.1) is 28.9 Å². The van der Waals surface area contributed by atoms with Crippen LogP contribution in [-0.2, 0) is 19.1 Å². The van der Waals surface area contributed by atoms with Crippen LogP contribution in [-0.4, -0.2) is 46.6 Å². The number of ether oxygens (including phenoxy) is 2. The van der Waals surface area contributed by atoms with Crippen LogP contribution in [0.25, 0.3) is 22.2 Å². The number of amides is 3. The zero-order chi connectivity index (χ0) is 32.7. The van der Waals surface area contributed by atoms with E-state index in [4.69, 9.17) is 21.3 Å². The van der Waals surface area contributed by atoms with E-state index in [0.29, 0.717) is 32.7 Å². The third-order valence-corrected chi connectivity index (χ3v) is 6.38. The van der Waals surface area contributed by atoms with E-state index in [2.05, 4.69) is 37.7 Å². The van der Waals surface area contributed by atoms with E-state index in [0.717, 1.165) is 11.1 Å².